The minimum absolute atomic E-state index is 0.0526. The molecule has 0 spiro atoms. The van der Waals surface area contributed by atoms with Crippen LogP contribution in [0.25, 0.3) is 17.3 Å². The van der Waals surface area contributed by atoms with Crippen LogP contribution in [0.15, 0.2) is 41.3 Å². The van der Waals surface area contributed by atoms with Crippen LogP contribution < -0.4 is 15.0 Å². The van der Waals surface area contributed by atoms with Gasteiger partial charge in [-0.25, -0.2) is 4.98 Å². The molecule has 0 fully saturated rings. The van der Waals surface area contributed by atoms with Crippen LogP contribution in [0.5, 0.6) is 11.5 Å². The van der Waals surface area contributed by atoms with Crippen LogP contribution in [0.3, 0.4) is 0 Å². The Kier molecular flexibility index (Phi) is 4.17. The van der Waals surface area contributed by atoms with Gasteiger partial charge in [-0.3, -0.25) is 9.20 Å². The van der Waals surface area contributed by atoms with Gasteiger partial charge < -0.3 is 9.47 Å². The predicted octanol–water partition coefficient (Wildman–Crippen LogP) is 3.85. The highest BCUT2D eigenvalue weighted by molar-refractivity contribution is 6.30. The third-order valence-corrected chi connectivity index (χ3v) is 4.80. The highest BCUT2D eigenvalue weighted by Gasteiger charge is 2.22. The third kappa shape index (κ3) is 2.74. The van der Waals surface area contributed by atoms with E-state index in [1.165, 1.54) is 4.40 Å². The lowest BCUT2D eigenvalue weighted by molar-refractivity contribution is 0.355. The second kappa shape index (κ2) is 6.50. The van der Waals surface area contributed by atoms with Crippen LogP contribution in [0.1, 0.15) is 23.2 Å². The zero-order chi connectivity index (χ0) is 18.3. The van der Waals surface area contributed by atoms with E-state index in [0.717, 1.165) is 28.8 Å². The van der Waals surface area contributed by atoms with Gasteiger partial charge in [-0.2, -0.15) is 0 Å². The average Bonchev–Trinajstić information content (AvgIpc) is 3.05. The highest BCUT2D eigenvalue weighted by Crippen LogP contribution is 2.33. The molecule has 0 N–H and O–H groups in total. The molecule has 132 valence electrons. The summed E-state index contributed by atoms with van der Waals surface area (Å²) in [5, 5.41) is 0.514. The lowest BCUT2D eigenvalue weighted by Gasteiger charge is -2.09. The zero-order valence-electron chi connectivity index (χ0n) is 14.5. The fourth-order valence-electron chi connectivity index (χ4n) is 3.30. The molecule has 0 aliphatic heterocycles. The van der Waals surface area contributed by atoms with E-state index in [4.69, 9.17) is 26.1 Å². The average molecular weight is 369 g/mol. The van der Waals surface area contributed by atoms with Gasteiger partial charge >= 0.3 is 0 Å². The molecule has 5 nitrogen and oxygen atoms in total. The molecular formula is C20H17ClN2O3. The van der Waals surface area contributed by atoms with E-state index < -0.39 is 0 Å². The van der Waals surface area contributed by atoms with Gasteiger partial charge in [0.05, 0.1) is 24.9 Å². The molecule has 3 aromatic rings. The summed E-state index contributed by atoms with van der Waals surface area (Å²) in [6.45, 7) is 0. The third-order valence-electron chi connectivity index (χ3n) is 4.58. The van der Waals surface area contributed by atoms with E-state index in [0.29, 0.717) is 28.6 Å². The predicted molar refractivity (Wildman–Crippen MR) is 102 cm³/mol. The van der Waals surface area contributed by atoms with Crippen molar-refractivity contribution in [3.05, 3.63) is 68.7 Å². The van der Waals surface area contributed by atoms with Crippen LogP contribution in [-0.4, -0.2) is 23.6 Å². The van der Waals surface area contributed by atoms with Crippen molar-refractivity contribution in [3.8, 4) is 11.5 Å². The molecule has 0 unspecified atom stereocenters. The molecule has 0 radical (unpaired) electrons. The fourth-order valence-corrected chi connectivity index (χ4v) is 3.46. The van der Waals surface area contributed by atoms with E-state index in [-0.39, 0.29) is 5.56 Å². The first-order chi connectivity index (χ1) is 12.6. The number of benzene rings is 1. The molecule has 0 saturated heterocycles. The number of ether oxygens (including phenoxy) is 2. The normalized spacial score (nSPS) is 14.7. The van der Waals surface area contributed by atoms with Gasteiger partial charge in [-0.05, 0) is 54.3 Å². The molecule has 2 heterocycles. The molecule has 0 bridgehead atoms. The molecule has 0 amide bonds. The van der Waals surface area contributed by atoms with Gasteiger partial charge in [0.15, 0.2) is 11.5 Å². The van der Waals surface area contributed by atoms with Crippen molar-refractivity contribution in [1.82, 2.24) is 9.38 Å². The van der Waals surface area contributed by atoms with Crippen molar-refractivity contribution in [3.63, 3.8) is 0 Å². The van der Waals surface area contributed by atoms with Crippen molar-refractivity contribution in [1.29, 1.82) is 0 Å². The zero-order valence-corrected chi connectivity index (χ0v) is 15.2. The monoisotopic (exact) mass is 368 g/mol. The molecule has 1 aliphatic rings. The summed E-state index contributed by atoms with van der Waals surface area (Å²) < 4.78 is 12.2. The summed E-state index contributed by atoms with van der Waals surface area (Å²) in [6.07, 6.45) is 5.11. The molecule has 1 aromatic carbocycles. The van der Waals surface area contributed by atoms with Crippen LogP contribution in [0, 0.1) is 0 Å². The number of methoxy groups -OCH3 is 2. The summed E-state index contributed by atoms with van der Waals surface area (Å²) in [4.78, 5) is 17.4. The largest absolute Gasteiger partial charge is 0.493 e. The summed E-state index contributed by atoms with van der Waals surface area (Å²) >= 11 is 6.01. The Bertz CT molecular complexity index is 1100. The molecule has 6 heteroatoms. The number of allylic oxidation sites excluding steroid dienone is 1. The van der Waals surface area contributed by atoms with E-state index in [2.05, 4.69) is 0 Å². The minimum atomic E-state index is -0.0526. The van der Waals surface area contributed by atoms with Crippen molar-refractivity contribution < 1.29 is 9.47 Å². The molecule has 0 saturated carbocycles. The maximum Gasteiger partial charge on any atom is 0.261 e. The van der Waals surface area contributed by atoms with Gasteiger partial charge in [-0.15, -0.1) is 0 Å². The summed E-state index contributed by atoms with van der Waals surface area (Å²) in [5.41, 5.74) is 4.07. The molecule has 1 aliphatic carbocycles. The Morgan fingerprint density at radius 2 is 1.92 bits per heavy atom. The van der Waals surface area contributed by atoms with E-state index in [1.54, 1.807) is 32.5 Å². The van der Waals surface area contributed by atoms with Crippen LogP contribution in [-0.2, 0) is 6.42 Å². The maximum absolute atomic E-state index is 12.8. The Morgan fingerprint density at radius 3 is 2.69 bits per heavy atom. The second-order valence-corrected chi connectivity index (χ2v) is 6.54. The number of rotatable bonds is 3. The van der Waals surface area contributed by atoms with Crippen molar-refractivity contribution in [2.75, 3.05) is 14.2 Å². The lowest BCUT2D eigenvalue weighted by atomic mass is 10.1. The Morgan fingerprint density at radius 1 is 1.12 bits per heavy atom. The van der Waals surface area contributed by atoms with Gasteiger partial charge in [0, 0.05) is 11.8 Å². The Labute approximate surface area is 155 Å². The van der Waals surface area contributed by atoms with Crippen LogP contribution >= 0.6 is 11.6 Å². The lowest BCUT2D eigenvalue weighted by Crippen LogP contribution is -2.19. The first kappa shape index (κ1) is 16.7. The summed E-state index contributed by atoms with van der Waals surface area (Å²) in [6, 6.07) is 9.24. The first-order valence-electron chi connectivity index (χ1n) is 8.24. The standard InChI is InChI=1S/C20H17ClN2O3/c1-25-16-7-3-12(10-17(16)26-2)9-13-4-6-15-19(13)22-18-8-5-14(21)11-23(18)20(15)24/h3,5,7-11H,4,6H2,1-2H3/b13-9-. The first-order valence-corrected chi connectivity index (χ1v) is 8.62. The number of hydrogen-bond acceptors (Lipinski definition) is 4. The number of hydrogen-bond donors (Lipinski definition) is 0. The van der Waals surface area contributed by atoms with E-state index in [9.17, 15) is 4.79 Å². The minimum Gasteiger partial charge on any atom is -0.493 e. The molecule has 4 rings (SSSR count). The van der Waals surface area contributed by atoms with Crippen molar-refractivity contribution in [2.45, 2.75) is 12.8 Å². The van der Waals surface area contributed by atoms with Gasteiger partial charge in [-0.1, -0.05) is 17.7 Å². The van der Waals surface area contributed by atoms with Gasteiger partial charge in [0.25, 0.3) is 5.56 Å². The number of pyridine rings is 1. The Balaban J connectivity index is 1.83. The van der Waals surface area contributed by atoms with Gasteiger partial charge in [0.1, 0.15) is 5.65 Å². The van der Waals surface area contributed by atoms with Crippen LogP contribution in [0.4, 0.5) is 0 Å². The second-order valence-electron chi connectivity index (χ2n) is 6.10. The number of halogens is 1. The van der Waals surface area contributed by atoms with Crippen molar-refractivity contribution in [2.24, 2.45) is 0 Å². The number of fused-ring (bicyclic) bond motifs is 2. The summed E-state index contributed by atoms with van der Waals surface area (Å²) in [5.74, 6) is 1.35. The molecule has 26 heavy (non-hydrogen) atoms. The van der Waals surface area contributed by atoms with Gasteiger partial charge in [0.2, 0.25) is 0 Å². The van der Waals surface area contributed by atoms with Crippen molar-refractivity contribution >= 4 is 28.9 Å². The number of aromatic nitrogens is 2. The maximum atomic E-state index is 12.8. The van der Waals surface area contributed by atoms with E-state index >= 15 is 0 Å². The smallest absolute Gasteiger partial charge is 0.261 e. The molecule has 0 atom stereocenters. The number of nitrogens with zero attached hydrogens (tertiary/aromatic N) is 2. The fraction of sp³-hybridized carbons (Fsp3) is 0.200. The molecule has 2 aromatic heterocycles. The summed E-state index contributed by atoms with van der Waals surface area (Å²) in [7, 11) is 3.22. The topological polar surface area (TPSA) is 52.8 Å². The Hall–Kier alpha value is -2.79. The quantitative estimate of drug-likeness (QED) is 0.704. The van der Waals surface area contributed by atoms with Crippen LogP contribution in [0.2, 0.25) is 5.02 Å². The molecular weight excluding hydrogens is 352 g/mol. The highest BCUT2D eigenvalue weighted by atomic mass is 35.5. The van der Waals surface area contributed by atoms with E-state index in [1.807, 2.05) is 24.3 Å². The SMILES string of the molecule is COc1ccc(/C=C2/CCc3c2nc2ccc(Cl)cn2c3=O)cc1OC.